The van der Waals surface area contributed by atoms with E-state index in [2.05, 4.69) is 10.6 Å². The normalized spacial score (nSPS) is 17.4. The Bertz CT molecular complexity index is 2020. The minimum Gasteiger partial charge on any atom is -0.492 e. The molecule has 0 aliphatic carbocycles. The highest BCUT2D eigenvalue weighted by molar-refractivity contribution is 6.43. The molecule has 3 aromatic carbocycles. The van der Waals surface area contributed by atoms with E-state index >= 15 is 0 Å². The lowest BCUT2D eigenvalue weighted by molar-refractivity contribution is -0.142. The maximum absolute atomic E-state index is 14.8. The van der Waals surface area contributed by atoms with Crippen molar-refractivity contribution in [1.82, 2.24) is 15.5 Å². The van der Waals surface area contributed by atoms with Gasteiger partial charge in [-0.3, -0.25) is 19.2 Å². The zero-order valence-corrected chi connectivity index (χ0v) is 35.7. The van der Waals surface area contributed by atoms with Gasteiger partial charge in [-0.15, -0.1) is 0 Å². The number of amides is 3. The third-order valence-corrected chi connectivity index (χ3v) is 10.2. The zero-order chi connectivity index (χ0) is 44.3. The Morgan fingerprint density at radius 2 is 1.57 bits per heavy atom. The summed E-state index contributed by atoms with van der Waals surface area (Å²) in [7, 11) is -0.459. The number of alkyl carbamates (subject to hydrolysis) is 1. The minimum absolute atomic E-state index is 0.00768. The lowest BCUT2D eigenvalue weighted by Crippen LogP contribution is -2.50. The fourth-order valence-electron chi connectivity index (χ4n) is 7.22. The number of ketones is 2. The number of carbonyl (C=O) groups excluding carboxylic acids is 5. The van der Waals surface area contributed by atoms with Crippen molar-refractivity contribution in [2.24, 2.45) is 23.3 Å². The quantitative estimate of drug-likeness (QED) is 0.0954. The average molecular weight is 830 g/mol. The number of nitrogens with one attached hydrogen (secondary N) is 2. The summed E-state index contributed by atoms with van der Waals surface area (Å²) in [6.07, 6.45) is -1.17. The predicted molar refractivity (Wildman–Crippen MR) is 228 cm³/mol. The highest BCUT2D eigenvalue weighted by Gasteiger charge is 2.37. The van der Waals surface area contributed by atoms with Gasteiger partial charge in [0.1, 0.15) is 36.4 Å². The number of nitrogens with zero attached hydrogens (tertiary/aromatic N) is 1. The molecule has 4 atom stereocenters. The molecule has 0 spiro atoms. The van der Waals surface area contributed by atoms with Crippen molar-refractivity contribution in [3.8, 4) is 22.6 Å². The van der Waals surface area contributed by atoms with E-state index in [1.165, 1.54) is 11.9 Å². The molecule has 0 unspecified atom stereocenters. The molecule has 4 bridgehead atoms. The number of likely N-dealkylation sites (N-methyl/N-ethyl adjacent to an activating group) is 1. The summed E-state index contributed by atoms with van der Waals surface area (Å²) in [5, 5.41) is 26.0. The van der Waals surface area contributed by atoms with Gasteiger partial charge in [-0.2, -0.15) is 0 Å². The predicted octanol–water partition coefficient (Wildman–Crippen LogP) is 3.60. The van der Waals surface area contributed by atoms with Crippen LogP contribution in [-0.4, -0.2) is 103 Å². The maximum Gasteiger partial charge on any atom is 0.475 e. The van der Waals surface area contributed by atoms with Crippen LogP contribution in [0.1, 0.15) is 85.6 Å². The molecule has 1 aliphatic rings. The maximum atomic E-state index is 14.8. The second kappa shape index (κ2) is 21.3. The molecule has 0 fully saturated rings. The van der Waals surface area contributed by atoms with Gasteiger partial charge in [0.15, 0.2) is 11.6 Å². The molecular weight excluding hydrogens is 769 g/mol. The lowest BCUT2D eigenvalue weighted by atomic mass is 9.75. The molecule has 1 heterocycles. The number of hydrogen-bond acceptors (Lipinski definition) is 12. The van der Waals surface area contributed by atoms with Crippen molar-refractivity contribution in [2.45, 2.75) is 84.8 Å². The number of hydrogen-bond donors (Lipinski definition) is 6. The molecule has 15 nitrogen and oxygen atoms in total. The summed E-state index contributed by atoms with van der Waals surface area (Å²) in [6, 6.07) is 14.4. The average Bonchev–Trinajstić information content (AvgIpc) is 3.17. The molecule has 16 heteroatoms. The second-order valence-corrected chi connectivity index (χ2v) is 16.4. The molecule has 0 radical (unpaired) electrons. The van der Waals surface area contributed by atoms with Crippen LogP contribution in [0.15, 0.2) is 54.6 Å². The van der Waals surface area contributed by atoms with Crippen molar-refractivity contribution in [1.29, 1.82) is 0 Å². The Morgan fingerprint density at radius 1 is 0.933 bits per heavy atom. The van der Waals surface area contributed by atoms with Crippen LogP contribution in [0.3, 0.4) is 0 Å². The first-order chi connectivity index (χ1) is 28.3. The van der Waals surface area contributed by atoms with Crippen molar-refractivity contribution in [2.75, 3.05) is 39.9 Å². The Balaban J connectivity index is 1.87. The van der Waals surface area contributed by atoms with E-state index in [-0.39, 0.29) is 64.3 Å². The smallest absolute Gasteiger partial charge is 0.475 e. The topological polar surface area (TPSA) is 233 Å². The highest BCUT2D eigenvalue weighted by Crippen LogP contribution is 2.41. The first-order valence-electron chi connectivity index (χ1n) is 20.3. The Labute approximate surface area is 352 Å². The van der Waals surface area contributed by atoms with Crippen LogP contribution in [0.2, 0.25) is 0 Å². The number of aryl methyl sites for hydroxylation is 2. The lowest BCUT2D eigenvalue weighted by Gasteiger charge is -2.32. The largest absolute Gasteiger partial charge is 0.492 e. The number of ether oxygens (including phenoxy) is 3. The van der Waals surface area contributed by atoms with Crippen LogP contribution in [0.5, 0.6) is 11.5 Å². The van der Waals surface area contributed by atoms with Crippen LogP contribution < -0.4 is 31.6 Å². The van der Waals surface area contributed by atoms with Crippen LogP contribution in [-0.2, 0) is 25.5 Å². The fraction of sp³-hybridized carbons (Fsp3) is 0.477. The van der Waals surface area contributed by atoms with Crippen LogP contribution >= 0.6 is 0 Å². The van der Waals surface area contributed by atoms with Gasteiger partial charge in [-0.1, -0.05) is 42.8 Å². The molecule has 8 N–H and O–H groups in total. The van der Waals surface area contributed by atoms with E-state index in [4.69, 9.17) is 25.7 Å². The third-order valence-electron chi connectivity index (χ3n) is 10.2. The Kier molecular flexibility index (Phi) is 16.8. The van der Waals surface area contributed by atoms with Gasteiger partial charge in [0, 0.05) is 68.0 Å². The van der Waals surface area contributed by atoms with E-state index < -0.39 is 60.2 Å². The van der Waals surface area contributed by atoms with E-state index in [1.54, 1.807) is 70.2 Å². The van der Waals surface area contributed by atoms with E-state index in [9.17, 15) is 34.0 Å². The molecule has 0 saturated heterocycles. The van der Waals surface area contributed by atoms with Gasteiger partial charge in [0.25, 0.3) is 0 Å². The molecule has 1 aliphatic heterocycles. The van der Waals surface area contributed by atoms with Gasteiger partial charge in [-0.25, -0.2) is 4.79 Å². The number of fused-ring (bicyclic) bond motifs is 5. The summed E-state index contributed by atoms with van der Waals surface area (Å²) in [5.74, 6) is -4.17. The number of nitrogens with two attached hydrogens (primary N) is 2. The molecule has 324 valence electrons. The molecule has 0 aromatic heterocycles. The summed E-state index contributed by atoms with van der Waals surface area (Å²) in [5.41, 5.74) is 15.1. The summed E-state index contributed by atoms with van der Waals surface area (Å²) in [4.78, 5) is 70.8. The van der Waals surface area contributed by atoms with Gasteiger partial charge in [0.2, 0.25) is 11.8 Å². The van der Waals surface area contributed by atoms with Gasteiger partial charge >= 0.3 is 13.2 Å². The van der Waals surface area contributed by atoms with Gasteiger partial charge < -0.3 is 51.3 Å². The first kappa shape index (κ1) is 47.4. The molecule has 60 heavy (non-hydrogen) atoms. The van der Waals surface area contributed by atoms with E-state index in [0.29, 0.717) is 39.3 Å². The Hall–Kier alpha value is -5.29. The van der Waals surface area contributed by atoms with Gasteiger partial charge in [0.05, 0.1) is 5.94 Å². The van der Waals surface area contributed by atoms with Gasteiger partial charge in [-0.05, 0) is 88.4 Å². The zero-order valence-electron chi connectivity index (χ0n) is 35.7. The molecule has 4 rings (SSSR count). The molecular formula is C44H60BN5O10. The minimum atomic E-state index is -1.93. The highest BCUT2D eigenvalue weighted by atomic mass is 16.6. The van der Waals surface area contributed by atoms with E-state index in [0.717, 1.165) is 11.1 Å². The third kappa shape index (κ3) is 12.9. The monoisotopic (exact) mass is 829 g/mol. The van der Waals surface area contributed by atoms with Crippen molar-refractivity contribution in [3.05, 3.63) is 82.4 Å². The SMILES string of the molecule is Cc1ccc(C(=O)C[C@@H](CCNC(=O)OC(C)(C)C)C(=O)N(C)[C@@H]2C(=O)C[C@@H](C)C(=O)N[C@H](B(O)O)Cc3ccc(OCCN)c(c3)-c3cc2ccc3OCCN)c(C)c1. The van der Waals surface area contributed by atoms with Crippen LogP contribution in [0.25, 0.3) is 11.1 Å². The molecule has 3 amide bonds. The van der Waals surface area contributed by atoms with Crippen molar-refractivity contribution < 1.29 is 48.2 Å². The number of rotatable bonds is 15. The van der Waals surface area contributed by atoms with Crippen LogP contribution in [0.4, 0.5) is 4.79 Å². The van der Waals surface area contributed by atoms with E-state index in [1.807, 2.05) is 26.0 Å². The Morgan fingerprint density at radius 3 is 2.17 bits per heavy atom. The van der Waals surface area contributed by atoms with Crippen molar-refractivity contribution in [3.63, 3.8) is 0 Å². The summed E-state index contributed by atoms with van der Waals surface area (Å²) < 4.78 is 17.5. The standard InChI is InChI=1S/C44H60BN5O10/c1-26-8-11-32(27(2)20-26)35(51)25-31(14-17-48-43(55)60-44(4,5)6)42(54)50(7)40-30-10-13-38(59-19-16-47)34(24-30)33-22-29(9-12-37(33)58-18-15-46)23-39(45(56)57)49-41(53)28(3)21-36(40)52/h8-13,20,22,24,28,31,39-40,56-57H,14-19,21,23,25,46-47H2,1-7H3,(H,48,55)(H,49,53)/t28-,31-,39+,40+/m1/s1. The second-order valence-electron chi connectivity index (χ2n) is 16.4. The number of benzene rings is 3. The summed E-state index contributed by atoms with van der Waals surface area (Å²) in [6.45, 7) is 11.2. The fourth-order valence-corrected chi connectivity index (χ4v) is 7.22. The first-order valence-corrected chi connectivity index (χ1v) is 20.3. The number of Topliss-reactive ketones (excluding diaryl/α,β-unsaturated/α-hetero) is 2. The van der Waals surface area contributed by atoms with Crippen molar-refractivity contribution >= 4 is 36.6 Å². The summed E-state index contributed by atoms with van der Waals surface area (Å²) >= 11 is 0. The number of carbonyl (C=O) groups is 5. The van der Waals surface area contributed by atoms with Crippen LogP contribution in [0, 0.1) is 25.7 Å². The molecule has 3 aromatic rings. The molecule has 0 saturated carbocycles.